The summed E-state index contributed by atoms with van der Waals surface area (Å²) in [5, 5.41) is 0. The van der Waals surface area contributed by atoms with Crippen molar-refractivity contribution in [1.82, 2.24) is 4.90 Å². The van der Waals surface area contributed by atoms with Gasteiger partial charge in [-0.05, 0) is 48.9 Å². The lowest BCUT2D eigenvalue weighted by molar-refractivity contribution is -0.137. The number of rotatable bonds is 4. The van der Waals surface area contributed by atoms with Gasteiger partial charge in [-0.25, -0.2) is 0 Å². The second kappa shape index (κ2) is 7.13. The van der Waals surface area contributed by atoms with Crippen LogP contribution in [0.2, 0.25) is 0 Å². The molecule has 1 saturated heterocycles. The fourth-order valence-corrected chi connectivity index (χ4v) is 3.27. The number of likely N-dealkylation sites (tertiary alicyclic amines) is 1. The number of amides is 1. The number of hydrogen-bond acceptors (Lipinski definition) is 2. The number of carbonyl (C=O) groups is 1. The van der Waals surface area contributed by atoms with Gasteiger partial charge in [0, 0.05) is 12.6 Å². The summed E-state index contributed by atoms with van der Waals surface area (Å²) in [7, 11) is 0. The third-order valence-corrected chi connectivity index (χ3v) is 4.89. The molecule has 0 spiro atoms. The first-order valence-electron chi connectivity index (χ1n) is 8.31. The number of halogens is 3. The molecule has 3 nitrogen and oxygen atoms in total. The van der Waals surface area contributed by atoms with Crippen LogP contribution in [0.3, 0.4) is 0 Å². The molecule has 0 aromatic heterocycles. The summed E-state index contributed by atoms with van der Waals surface area (Å²) in [6, 6.07) is 4.90. The highest BCUT2D eigenvalue weighted by molar-refractivity contribution is 5.79. The summed E-state index contributed by atoms with van der Waals surface area (Å²) in [5.74, 6) is -0.0408. The highest BCUT2D eigenvalue weighted by atomic mass is 19.4. The molecule has 1 aliphatic heterocycles. The van der Waals surface area contributed by atoms with Crippen molar-refractivity contribution in [3.63, 3.8) is 0 Å². The largest absolute Gasteiger partial charge is 0.416 e. The van der Waals surface area contributed by atoms with Gasteiger partial charge in [-0.3, -0.25) is 4.79 Å². The third kappa shape index (κ3) is 4.29. The van der Waals surface area contributed by atoms with Gasteiger partial charge in [0.15, 0.2) is 0 Å². The summed E-state index contributed by atoms with van der Waals surface area (Å²) in [6.07, 6.45) is -1.29. The van der Waals surface area contributed by atoms with Gasteiger partial charge >= 0.3 is 6.18 Å². The van der Waals surface area contributed by atoms with E-state index in [-0.39, 0.29) is 23.8 Å². The van der Waals surface area contributed by atoms with Crippen LogP contribution in [0, 0.1) is 5.41 Å². The average Bonchev–Trinajstić information content (AvgIpc) is 2.54. The van der Waals surface area contributed by atoms with Crippen LogP contribution in [0.25, 0.3) is 0 Å². The summed E-state index contributed by atoms with van der Waals surface area (Å²) in [4.78, 5) is 14.6. The van der Waals surface area contributed by atoms with Crippen molar-refractivity contribution in [2.45, 2.75) is 51.7 Å². The van der Waals surface area contributed by atoms with E-state index in [2.05, 4.69) is 13.8 Å². The fraction of sp³-hybridized carbons (Fsp3) is 0.611. The van der Waals surface area contributed by atoms with Crippen molar-refractivity contribution in [2.24, 2.45) is 11.1 Å². The molecular formula is C18H25F3N2O. The molecule has 6 heteroatoms. The van der Waals surface area contributed by atoms with Gasteiger partial charge in [0.25, 0.3) is 0 Å². The summed E-state index contributed by atoms with van der Waals surface area (Å²) < 4.78 is 37.8. The number of nitrogens with two attached hydrogens (primary N) is 1. The molecule has 1 aromatic carbocycles. The van der Waals surface area contributed by atoms with Crippen LogP contribution < -0.4 is 5.73 Å². The number of benzene rings is 1. The van der Waals surface area contributed by atoms with Gasteiger partial charge in [0.1, 0.15) is 0 Å². The second-order valence-corrected chi connectivity index (χ2v) is 7.16. The number of nitrogens with zero attached hydrogens (tertiary/aromatic N) is 1. The Kier molecular flexibility index (Phi) is 5.58. The molecule has 1 aromatic rings. The quantitative estimate of drug-likeness (QED) is 0.908. The number of hydrogen-bond donors (Lipinski definition) is 1. The monoisotopic (exact) mass is 342 g/mol. The van der Waals surface area contributed by atoms with E-state index in [1.807, 2.05) is 4.90 Å². The van der Waals surface area contributed by atoms with E-state index in [9.17, 15) is 18.0 Å². The Morgan fingerprint density at radius 1 is 1.21 bits per heavy atom. The van der Waals surface area contributed by atoms with Crippen LogP contribution in [0.5, 0.6) is 0 Å². The van der Waals surface area contributed by atoms with E-state index in [1.54, 1.807) is 0 Å². The molecule has 2 rings (SSSR count). The van der Waals surface area contributed by atoms with Crippen LogP contribution in [-0.2, 0) is 17.4 Å². The lowest BCUT2D eigenvalue weighted by atomic mass is 9.78. The standard InChI is InChI=1S/C18H25F3N2O/c1-17(2,12-22)15-5-3-4-10-23(15)16(24)11-13-6-8-14(9-7-13)18(19,20)21/h6-9,15H,3-5,10-12,22H2,1-2H3. The maximum absolute atomic E-state index is 12.7. The Hall–Kier alpha value is -1.56. The number of carbonyl (C=O) groups excluding carboxylic acids is 1. The number of piperidine rings is 1. The Balaban J connectivity index is 2.10. The minimum Gasteiger partial charge on any atom is -0.339 e. The molecule has 0 saturated carbocycles. The molecule has 0 bridgehead atoms. The normalized spacial score (nSPS) is 19.4. The second-order valence-electron chi connectivity index (χ2n) is 7.16. The summed E-state index contributed by atoms with van der Waals surface area (Å²) in [5.41, 5.74) is 5.60. The molecule has 0 aliphatic carbocycles. The van der Waals surface area contributed by atoms with Crippen LogP contribution in [0.4, 0.5) is 13.2 Å². The van der Waals surface area contributed by atoms with E-state index in [0.29, 0.717) is 18.7 Å². The van der Waals surface area contributed by atoms with Crippen molar-refractivity contribution in [3.8, 4) is 0 Å². The van der Waals surface area contributed by atoms with Crippen LogP contribution >= 0.6 is 0 Å². The molecule has 1 unspecified atom stereocenters. The molecule has 1 fully saturated rings. The fourth-order valence-electron chi connectivity index (χ4n) is 3.27. The van der Waals surface area contributed by atoms with Gasteiger partial charge in [-0.15, -0.1) is 0 Å². The van der Waals surface area contributed by atoms with E-state index < -0.39 is 11.7 Å². The first-order chi connectivity index (χ1) is 11.1. The molecule has 1 amide bonds. The van der Waals surface area contributed by atoms with Gasteiger partial charge in [-0.2, -0.15) is 13.2 Å². The first-order valence-corrected chi connectivity index (χ1v) is 8.31. The topological polar surface area (TPSA) is 46.3 Å². The Labute approximate surface area is 141 Å². The SMILES string of the molecule is CC(C)(CN)C1CCCCN1C(=O)Cc1ccc(C(F)(F)F)cc1. The van der Waals surface area contributed by atoms with Gasteiger partial charge in [0.05, 0.1) is 12.0 Å². The molecular weight excluding hydrogens is 317 g/mol. The molecule has 1 aliphatic rings. The number of alkyl halides is 3. The van der Waals surface area contributed by atoms with Crippen molar-refractivity contribution in [1.29, 1.82) is 0 Å². The zero-order chi connectivity index (χ0) is 18.0. The van der Waals surface area contributed by atoms with E-state index in [4.69, 9.17) is 5.73 Å². The van der Waals surface area contributed by atoms with Crippen molar-refractivity contribution in [3.05, 3.63) is 35.4 Å². The van der Waals surface area contributed by atoms with Crippen LogP contribution in [0.1, 0.15) is 44.2 Å². The maximum Gasteiger partial charge on any atom is 0.416 e. The van der Waals surface area contributed by atoms with E-state index in [1.165, 1.54) is 12.1 Å². The molecule has 134 valence electrons. The lowest BCUT2D eigenvalue weighted by Gasteiger charge is -2.44. The van der Waals surface area contributed by atoms with Crippen molar-refractivity contribution < 1.29 is 18.0 Å². The van der Waals surface area contributed by atoms with Crippen molar-refractivity contribution >= 4 is 5.91 Å². The summed E-state index contributed by atoms with van der Waals surface area (Å²) >= 11 is 0. The zero-order valence-corrected chi connectivity index (χ0v) is 14.2. The predicted molar refractivity (Wildman–Crippen MR) is 87.3 cm³/mol. The van der Waals surface area contributed by atoms with E-state index in [0.717, 1.165) is 31.4 Å². The minimum atomic E-state index is -4.36. The van der Waals surface area contributed by atoms with Gasteiger partial charge in [0.2, 0.25) is 5.91 Å². The Morgan fingerprint density at radius 3 is 2.38 bits per heavy atom. The van der Waals surface area contributed by atoms with Crippen LogP contribution in [-0.4, -0.2) is 29.9 Å². The third-order valence-electron chi connectivity index (χ3n) is 4.89. The highest BCUT2D eigenvalue weighted by Crippen LogP contribution is 2.32. The lowest BCUT2D eigenvalue weighted by Crippen LogP contribution is -2.53. The Morgan fingerprint density at radius 2 is 1.83 bits per heavy atom. The van der Waals surface area contributed by atoms with Crippen LogP contribution in [0.15, 0.2) is 24.3 Å². The molecule has 24 heavy (non-hydrogen) atoms. The van der Waals surface area contributed by atoms with Crippen molar-refractivity contribution in [2.75, 3.05) is 13.1 Å². The highest BCUT2D eigenvalue weighted by Gasteiger charge is 2.37. The first kappa shape index (κ1) is 18.8. The average molecular weight is 342 g/mol. The summed E-state index contributed by atoms with van der Waals surface area (Å²) in [6.45, 7) is 5.29. The van der Waals surface area contributed by atoms with E-state index >= 15 is 0 Å². The molecule has 1 atom stereocenters. The smallest absolute Gasteiger partial charge is 0.339 e. The van der Waals surface area contributed by atoms with Gasteiger partial charge in [-0.1, -0.05) is 26.0 Å². The molecule has 2 N–H and O–H groups in total. The molecule has 0 radical (unpaired) electrons. The maximum atomic E-state index is 12.7. The van der Waals surface area contributed by atoms with Gasteiger partial charge < -0.3 is 10.6 Å². The Bertz CT molecular complexity index is 567. The predicted octanol–water partition coefficient (Wildman–Crippen LogP) is 3.61. The molecule has 1 heterocycles. The minimum absolute atomic E-state index is 0.0408. The zero-order valence-electron chi connectivity index (χ0n) is 14.2.